The van der Waals surface area contributed by atoms with Crippen molar-refractivity contribution in [2.75, 3.05) is 5.73 Å². The monoisotopic (exact) mass is 301 g/mol. The quantitative estimate of drug-likeness (QED) is 0.916. The lowest BCUT2D eigenvalue weighted by molar-refractivity contribution is 0.0951. The van der Waals surface area contributed by atoms with Gasteiger partial charge in [-0.05, 0) is 42.4 Å². The Morgan fingerprint density at radius 3 is 3.19 bits per heavy atom. The summed E-state index contributed by atoms with van der Waals surface area (Å²) in [5, 5.41) is 3.60. The van der Waals surface area contributed by atoms with Crippen molar-refractivity contribution in [3.8, 4) is 0 Å². The Hall–Kier alpha value is -1.88. The first-order valence-electron chi connectivity index (χ1n) is 7.22. The third-order valence-corrected chi connectivity index (χ3v) is 5.03. The van der Waals surface area contributed by atoms with Gasteiger partial charge in [0.05, 0.1) is 10.6 Å². The number of nitrogens with two attached hydrogens (primary N) is 1. The highest BCUT2D eigenvalue weighted by atomic mass is 32.1. The van der Waals surface area contributed by atoms with Crippen LogP contribution in [0.1, 0.15) is 39.7 Å². The van der Waals surface area contributed by atoms with Gasteiger partial charge in [-0.25, -0.2) is 0 Å². The molecule has 0 unspecified atom stereocenters. The molecule has 0 spiro atoms. The maximum atomic E-state index is 12.4. The van der Waals surface area contributed by atoms with E-state index in [0.29, 0.717) is 23.0 Å². The third-order valence-electron chi connectivity index (χ3n) is 3.94. The molecule has 1 atom stereocenters. The molecule has 0 bridgehead atoms. The minimum atomic E-state index is -0.0663. The number of rotatable bonds is 3. The molecular weight excluding hydrogens is 282 g/mol. The Kier molecular flexibility index (Phi) is 3.92. The zero-order valence-corrected chi connectivity index (χ0v) is 12.9. The zero-order valence-electron chi connectivity index (χ0n) is 12.1. The van der Waals surface area contributed by atoms with Crippen molar-refractivity contribution in [2.45, 2.75) is 32.7 Å². The molecule has 3 rings (SSSR count). The van der Waals surface area contributed by atoms with E-state index in [1.807, 2.05) is 12.1 Å². The smallest absolute Gasteiger partial charge is 0.254 e. The Morgan fingerprint density at radius 1 is 1.57 bits per heavy atom. The maximum Gasteiger partial charge on any atom is 0.254 e. The number of thiophene rings is 1. The van der Waals surface area contributed by atoms with Crippen LogP contribution in [0.2, 0.25) is 0 Å². The number of carbonyl (C=O) groups excluding carboxylic acids is 1. The largest absolute Gasteiger partial charge is 0.390 e. The lowest BCUT2D eigenvalue weighted by Gasteiger charge is -2.18. The molecule has 2 heterocycles. The minimum absolute atomic E-state index is 0.0663. The van der Waals surface area contributed by atoms with Crippen LogP contribution in [-0.2, 0) is 19.4 Å². The topological polar surface area (TPSA) is 68.0 Å². The van der Waals surface area contributed by atoms with E-state index in [-0.39, 0.29) is 5.91 Å². The van der Waals surface area contributed by atoms with E-state index in [9.17, 15) is 4.79 Å². The van der Waals surface area contributed by atoms with Crippen molar-refractivity contribution in [2.24, 2.45) is 5.92 Å². The van der Waals surface area contributed by atoms with Crippen LogP contribution in [0, 0.1) is 5.92 Å². The Labute approximate surface area is 128 Å². The molecule has 1 amide bonds. The molecule has 1 aliphatic carbocycles. The van der Waals surface area contributed by atoms with Crippen LogP contribution in [0.5, 0.6) is 0 Å². The molecule has 2 aromatic heterocycles. The van der Waals surface area contributed by atoms with E-state index in [2.05, 4.69) is 17.2 Å². The van der Waals surface area contributed by atoms with E-state index < -0.39 is 0 Å². The average Bonchev–Trinajstić information content (AvgIpc) is 2.81. The van der Waals surface area contributed by atoms with Crippen LogP contribution in [0.15, 0.2) is 24.5 Å². The molecule has 0 radical (unpaired) electrons. The van der Waals surface area contributed by atoms with E-state index in [1.165, 1.54) is 10.4 Å². The van der Waals surface area contributed by atoms with Crippen LogP contribution in [0.4, 0.5) is 5.00 Å². The second-order valence-corrected chi connectivity index (χ2v) is 6.77. The first-order chi connectivity index (χ1) is 10.1. The summed E-state index contributed by atoms with van der Waals surface area (Å²) in [6.45, 7) is 2.73. The fourth-order valence-electron chi connectivity index (χ4n) is 2.79. The molecule has 0 aliphatic heterocycles. The fraction of sp³-hybridized carbons (Fsp3) is 0.375. The molecular formula is C16H19N3OS. The van der Waals surface area contributed by atoms with Gasteiger partial charge in [0, 0.05) is 23.8 Å². The Bertz CT molecular complexity index is 651. The number of carbonyl (C=O) groups is 1. The predicted octanol–water partition coefficient (Wildman–Crippen LogP) is 2.78. The molecule has 0 fully saturated rings. The molecule has 21 heavy (non-hydrogen) atoms. The highest BCUT2D eigenvalue weighted by Crippen LogP contribution is 2.37. The number of nitrogens with one attached hydrogen (secondary N) is 1. The number of amides is 1. The normalized spacial score (nSPS) is 17.3. The molecule has 4 nitrogen and oxygen atoms in total. The summed E-state index contributed by atoms with van der Waals surface area (Å²) in [4.78, 5) is 17.8. The third kappa shape index (κ3) is 2.93. The SMILES string of the molecule is C[C@H]1CCc2c(sc(N)c2C(=O)NCc2cccnc2)C1. The number of pyridine rings is 1. The van der Waals surface area contributed by atoms with Gasteiger partial charge in [-0.2, -0.15) is 0 Å². The van der Waals surface area contributed by atoms with Crippen molar-refractivity contribution < 1.29 is 4.79 Å². The molecule has 0 saturated carbocycles. The van der Waals surface area contributed by atoms with Crippen LogP contribution in [0.3, 0.4) is 0 Å². The maximum absolute atomic E-state index is 12.4. The number of aromatic nitrogens is 1. The number of fused-ring (bicyclic) bond motifs is 1. The second kappa shape index (κ2) is 5.85. The summed E-state index contributed by atoms with van der Waals surface area (Å²) in [5.74, 6) is 0.616. The molecule has 110 valence electrons. The molecule has 2 aromatic rings. The fourth-order valence-corrected chi connectivity index (χ4v) is 4.07. The summed E-state index contributed by atoms with van der Waals surface area (Å²) in [5.41, 5.74) is 8.94. The van der Waals surface area contributed by atoms with Crippen molar-refractivity contribution >= 4 is 22.2 Å². The number of hydrogen-bond acceptors (Lipinski definition) is 4. The van der Waals surface area contributed by atoms with E-state index >= 15 is 0 Å². The lowest BCUT2D eigenvalue weighted by Crippen LogP contribution is -2.25. The van der Waals surface area contributed by atoms with Crippen LogP contribution < -0.4 is 11.1 Å². The summed E-state index contributed by atoms with van der Waals surface area (Å²) >= 11 is 1.58. The van der Waals surface area contributed by atoms with Crippen LogP contribution >= 0.6 is 11.3 Å². The van der Waals surface area contributed by atoms with Crippen molar-refractivity contribution in [3.63, 3.8) is 0 Å². The van der Waals surface area contributed by atoms with Gasteiger partial charge >= 0.3 is 0 Å². The molecule has 0 aromatic carbocycles. The molecule has 5 heteroatoms. The lowest BCUT2D eigenvalue weighted by atomic mass is 9.88. The standard InChI is InChI=1S/C16H19N3OS/c1-10-4-5-12-13(7-10)21-15(17)14(12)16(20)19-9-11-3-2-6-18-8-11/h2-3,6,8,10H,4-5,7,9,17H2,1H3,(H,19,20)/t10-/m0/s1. The van der Waals surface area contributed by atoms with Crippen LogP contribution in [-0.4, -0.2) is 10.9 Å². The molecule has 0 saturated heterocycles. The van der Waals surface area contributed by atoms with Crippen molar-refractivity contribution in [1.29, 1.82) is 0 Å². The van der Waals surface area contributed by atoms with Crippen molar-refractivity contribution in [1.82, 2.24) is 10.3 Å². The van der Waals surface area contributed by atoms with Gasteiger partial charge in [-0.1, -0.05) is 13.0 Å². The van der Waals surface area contributed by atoms with E-state index in [4.69, 9.17) is 5.73 Å². The Morgan fingerprint density at radius 2 is 2.43 bits per heavy atom. The zero-order chi connectivity index (χ0) is 14.8. The number of anilines is 1. The number of nitrogens with zero attached hydrogens (tertiary/aromatic N) is 1. The van der Waals surface area contributed by atoms with E-state index in [1.54, 1.807) is 23.7 Å². The number of hydrogen-bond donors (Lipinski definition) is 2. The minimum Gasteiger partial charge on any atom is -0.390 e. The highest BCUT2D eigenvalue weighted by Gasteiger charge is 2.26. The van der Waals surface area contributed by atoms with Gasteiger partial charge in [0.15, 0.2) is 0 Å². The summed E-state index contributed by atoms with van der Waals surface area (Å²) in [6, 6.07) is 3.81. The summed E-state index contributed by atoms with van der Waals surface area (Å²) in [7, 11) is 0. The number of nitrogen functional groups attached to an aromatic ring is 1. The van der Waals surface area contributed by atoms with Gasteiger partial charge in [-0.3, -0.25) is 9.78 Å². The summed E-state index contributed by atoms with van der Waals surface area (Å²) < 4.78 is 0. The van der Waals surface area contributed by atoms with Crippen LogP contribution in [0.25, 0.3) is 0 Å². The predicted molar refractivity (Wildman–Crippen MR) is 85.3 cm³/mol. The molecule has 1 aliphatic rings. The van der Waals surface area contributed by atoms with Gasteiger partial charge in [0.25, 0.3) is 5.91 Å². The average molecular weight is 301 g/mol. The van der Waals surface area contributed by atoms with Gasteiger partial charge in [-0.15, -0.1) is 11.3 Å². The van der Waals surface area contributed by atoms with Gasteiger partial charge in [0.2, 0.25) is 0 Å². The van der Waals surface area contributed by atoms with Gasteiger partial charge < -0.3 is 11.1 Å². The van der Waals surface area contributed by atoms with Crippen molar-refractivity contribution in [3.05, 3.63) is 46.1 Å². The first kappa shape index (κ1) is 14.1. The second-order valence-electron chi connectivity index (χ2n) is 5.63. The highest BCUT2D eigenvalue weighted by molar-refractivity contribution is 7.16. The summed E-state index contributed by atoms with van der Waals surface area (Å²) in [6.07, 6.45) is 6.61. The Balaban J connectivity index is 1.76. The molecule has 3 N–H and O–H groups in total. The first-order valence-corrected chi connectivity index (χ1v) is 8.04. The van der Waals surface area contributed by atoms with Gasteiger partial charge in [0.1, 0.15) is 0 Å². The van der Waals surface area contributed by atoms with E-state index in [0.717, 1.165) is 24.8 Å².